The molecule has 0 heterocycles. The normalized spacial score (nSPS) is 14.8. The van der Waals surface area contributed by atoms with Gasteiger partial charge in [-0.05, 0) is 36.5 Å². The van der Waals surface area contributed by atoms with E-state index in [0.717, 1.165) is 30.4 Å². The molecule has 0 atom stereocenters. The number of hydrogen-bond donors (Lipinski definition) is 2. The van der Waals surface area contributed by atoms with E-state index < -0.39 is 0 Å². The SMILES string of the molecule is Oc1cc2c(c(Cl)c1O)CCC2. The Morgan fingerprint density at radius 3 is 2.75 bits per heavy atom. The molecule has 0 fully saturated rings. The van der Waals surface area contributed by atoms with Crippen LogP contribution in [0.3, 0.4) is 0 Å². The predicted octanol–water partition coefficient (Wildman–Crippen LogP) is 2.24. The van der Waals surface area contributed by atoms with Crippen LogP contribution < -0.4 is 0 Å². The lowest BCUT2D eigenvalue weighted by Crippen LogP contribution is -1.84. The van der Waals surface area contributed by atoms with Gasteiger partial charge < -0.3 is 10.2 Å². The first-order valence-corrected chi connectivity index (χ1v) is 4.30. The third kappa shape index (κ3) is 0.950. The van der Waals surface area contributed by atoms with E-state index in [0.29, 0.717) is 5.02 Å². The second-order valence-electron chi connectivity index (χ2n) is 3.05. The van der Waals surface area contributed by atoms with Crippen LogP contribution in [0.5, 0.6) is 11.5 Å². The average molecular weight is 185 g/mol. The average Bonchev–Trinajstić information content (AvgIpc) is 2.48. The number of fused-ring (bicyclic) bond motifs is 1. The van der Waals surface area contributed by atoms with Crippen molar-refractivity contribution in [2.24, 2.45) is 0 Å². The fourth-order valence-electron chi connectivity index (χ4n) is 1.67. The van der Waals surface area contributed by atoms with E-state index >= 15 is 0 Å². The van der Waals surface area contributed by atoms with Crippen LogP contribution >= 0.6 is 11.6 Å². The van der Waals surface area contributed by atoms with Crippen molar-refractivity contribution in [1.82, 2.24) is 0 Å². The third-order valence-corrected chi connectivity index (χ3v) is 2.69. The van der Waals surface area contributed by atoms with Crippen LogP contribution in [0.4, 0.5) is 0 Å². The van der Waals surface area contributed by atoms with Crippen molar-refractivity contribution in [3.63, 3.8) is 0 Å². The molecule has 12 heavy (non-hydrogen) atoms. The third-order valence-electron chi connectivity index (χ3n) is 2.29. The fraction of sp³-hybridized carbons (Fsp3) is 0.333. The largest absolute Gasteiger partial charge is 0.504 e. The molecule has 0 radical (unpaired) electrons. The highest BCUT2D eigenvalue weighted by molar-refractivity contribution is 6.33. The molecule has 0 aliphatic heterocycles. The van der Waals surface area contributed by atoms with E-state index in [1.165, 1.54) is 0 Å². The zero-order chi connectivity index (χ0) is 8.72. The summed E-state index contributed by atoms with van der Waals surface area (Å²) in [5.74, 6) is -0.294. The van der Waals surface area contributed by atoms with Gasteiger partial charge in [-0.3, -0.25) is 0 Å². The molecule has 0 saturated carbocycles. The van der Waals surface area contributed by atoms with Crippen LogP contribution in [-0.4, -0.2) is 10.2 Å². The number of rotatable bonds is 0. The standard InChI is InChI=1S/C9H9ClO2/c10-8-6-3-1-2-5(6)4-7(11)9(8)12/h4,11-12H,1-3H2. The van der Waals surface area contributed by atoms with Gasteiger partial charge in [0.1, 0.15) is 0 Å². The number of aryl methyl sites for hydroxylation is 1. The summed E-state index contributed by atoms with van der Waals surface area (Å²) in [5, 5.41) is 18.8. The van der Waals surface area contributed by atoms with Gasteiger partial charge in [-0.25, -0.2) is 0 Å². The number of phenolic OH excluding ortho intramolecular Hbond substituents is 2. The number of halogens is 1. The Kier molecular flexibility index (Phi) is 1.65. The molecule has 0 spiro atoms. The van der Waals surface area contributed by atoms with E-state index in [1.54, 1.807) is 6.07 Å². The van der Waals surface area contributed by atoms with E-state index in [2.05, 4.69) is 0 Å². The van der Waals surface area contributed by atoms with Gasteiger partial charge in [0.2, 0.25) is 0 Å². The van der Waals surface area contributed by atoms with Crippen molar-refractivity contribution >= 4 is 11.6 Å². The quantitative estimate of drug-likeness (QED) is 0.608. The summed E-state index contributed by atoms with van der Waals surface area (Å²) in [5.41, 5.74) is 2.06. The maximum Gasteiger partial charge on any atom is 0.176 e. The predicted molar refractivity (Wildman–Crippen MR) is 46.8 cm³/mol. The monoisotopic (exact) mass is 184 g/mol. The zero-order valence-corrected chi connectivity index (χ0v) is 7.23. The van der Waals surface area contributed by atoms with Crippen molar-refractivity contribution in [2.75, 3.05) is 0 Å². The summed E-state index contributed by atoms with van der Waals surface area (Å²) in [6.45, 7) is 0. The number of phenols is 2. The van der Waals surface area contributed by atoms with Crippen LogP contribution in [0, 0.1) is 0 Å². The topological polar surface area (TPSA) is 40.5 Å². The van der Waals surface area contributed by atoms with Crippen LogP contribution in [0.25, 0.3) is 0 Å². The second kappa shape index (κ2) is 2.56. The lowest BCUT2D eigenvalue weighted by molar-refractivity contribution is 0.403. The van der Waals surface area contributed by atoms with E-state index in [9.17, 15) is 10.2 Å². The number of hydrogen-bond acceptors (Lipinski definition) is 2. The lowest BCUT2D eigenvalue weighted by atomic mass is 10.1. The van der Waals surface area contributed by atoms with Gasteiger partial charge in [0.15, 0.2) is 11.5 Å². The number of aromatic hydroxyl groups is 2. The minimum Gasteiger partial charge on any atom is -0.504 e. The summed E-state index contributed by atoms with van der Waals surface area (Å²) in [7, 11) is 0. The van der Waals surface area contributed by atoms with Crippen LogP contribution in [-0.2, 0) is 12.8 Å². The Balaban J connectivity index is 2.67. The van der Waals surface area contributed by atoms with Gasteiger partial charge in [-0.15, -0.1) is 0 Å². The molecule has 1 aliphatic rings. The maximum absolute atomic E-state index is 9.29. The molecule has 0 aromatic heterocycles. The molecule has 0 bridgehead atoms. The van der Waals surface area contributed by atoms with Crippen molar-refractivity contribution in [3.05, 3.63) is 22.2 Å². The number of benzene rings is 1. The molecule has 0 amide bonds. The minimum absolute atomic E-state index is 0.111. The Hall–Kier alpha value is -0.890. The zero-order valence-electron chi connectivity index (χ0n) is 6.47. The van der Waals surface area contributed by atoms with Crippen LogP contribution in [0.1, 0.15) is 17.5 Å². The Bertz CT molecular complexity index is 334. The highest BCUT2D eigenvalue weighted by Gasteiger charge is 2.19. The Morgan fingerprint density at radius 2 is 2.00 bits per heavy atom. The summed E-state index contributed by atoms with van der Waals surface area (Å²) >= 11 is 5.83. The van der Waals surface area contributed by atoms with E-state index in [4.69, 9.17) is 11.6 Å². The molecule has 0 saturated heterocycles. The summed E-state index contributed by atoms with van der Waals surface area (Å²) in [6.07, 6.45) is 2.91. The van der Waals surface area contributed by atoms with E-state index in [-0.39, 0.29) is 11.5 Å². The molecule has 0 unspecified atom stereocenters. The maximum atomic E-state index is 9.29. The van der Waals surface area contributed by atoms with Crippen molar-refractivity contribution < 1.29 is 10.2 Å². The first kappa shape index (κ1) is 7.74. The molecule has 1 aliphatic carbocycles. The second-order valence-corrected chi connectivity index (χ2v) is 3.43. The van der Waals surface area contributed by atoms with Gasteiger partial charge >= 0.3 is 0 Å². The molecule has 3 heteroatoms. The Labute approximate surface area is 75.4 Å². The van der Waals surface area contributed by atoms with E-state index in [1.807, 2.05) is 0 Å². The summed E-state index contributed by atoms with van der Waals surface area (Å²) in [4.78, 5) is 0. The van der Waals surface area contributed by atoms with Gasteiger partial charge in [0, 0.05) is 0 Å². The minimum atomic E-state index is -0.183. The molecule has 2 N–H and O–H groups in total. The fourth-order valence-corrected chi connectivity index (χ4v) is 1.98. The lowest BCUT2D eigenvalue weighted by Gasteiger charge is -2.05. The molecular formula is C9H9ClO2. The van der Waals surface area contributed by atoms with Crippen LogP contribution in [0.15, 0.2) is 6.07 Å². The van der Waals surface area contributed by atoms with Crippen molar-refractivity contribution in [3.8, 4) is 11.5 Å². The van der Waals surface area contributed by atoms with Crippen molar-refractivity contribution in [1.29, 1.82) is 0 Å². The van der Waals surface area contributed by atoms with Gasteiger partial charge in [0.25, 0.3) is 0 Å². The first-order valence-electron chi connectivity index (χ1n) is 3.92. The smallest absolute Gasteiger partial charge is 0.176 e. The molecule has 1 aromatic rings. The molecule has 64 valence electrons. The Morgan fingerprint density at radius 1 is 1.25 bits per heavy atom. The highest BCUT2D eigenvalue weighted by atomic mass is 35.5. The molecule has 2 nitrogen and oxygen atoms in total. The van der Waals surface area contributed by atoms with Gasteiger partial charge in [-0.2, -0.15) is 0 Å². The molecule has 2 rings (SSSR count). The van der Waals surface area contributed by atoms with Crippen molar-refractivity contribution in [2.45, 2.75) is 19.3 Å². The van der Waals surface area contributed by atoms with Crippen LogP contribution in [0.2, 0.25) is 5.02 Å². The summed E-state index contributed by atoms with van der Waals surface area (Å²) in [6, 6.07) is 1.60. The van der Waals surface area contributed by atoms with Gasteiger partial charge in [-0.1, -0.05) is 11.6 Å². The first-order chi connectivity index (χ1) is 5.70. The highest BCUT2D eigenvalue weighted by Crippen LogP contribution is 2.41. The summed E-state index contributed by atoms with van der Waals surface area (Å²) < 4.78 is 0. The van der Waals surface area contributed by atoms with Gasteiger partial charge in [0.05, 0.1) is 5.02 Å². The molecular weight excluding hydrogens is 176 g/mol. The molecule has 1 aromatic carbocycles.